The molecule has 0 saturated carbocycles. The number of hydrogen-bond donors (Lipinski definition) is 1. The van der Waals surface area contributed by atoms with Crippen LogP contribution in [0.15, 0.2) is 36.4 Å². The third-order valence-corrected chi connectivity index (χ3v) is 4.02. The van der Waals surface area contributed by atoms with Gasteiger partial charge in [0.2, 0.25) is 0 Å². The Bertz CT molecular complexity index is 683. The summed E-state index contributed by atoms with van der Waals surface area (Å²) in [6.45, 7) is 0.620. The van der Waals surface area contributed by atoms with Crippen LogP contribution in [-0.4, -0.2) is 12.3 Å². The van der Waals surface area contributed by atoms with E-state index in [1.54, 1.807) is 6.07 Å². The van der Waals surface area contributed by atoms with E-state index in [1.165, 1.54) is 0 Å². The monoisotopic (exact) mass is 306 g/mol. The minimum Gasteiger partial charge on any atom is -0.397 e. The predicted octanol–water partition coefficient (Wildman–Crippen LogP) is 4.30. The number of nitrogens with two attached hydrogens (primary N) is 1. The van der Waals surface area contributed by atoms with Crippen molar-refractivity contribution in [3.8, 4) is 0 Å². The van der Waals surface area contributed by atoms with Crippen molar-refractivity contribution in [1.29, 1.82) is 0 Å². The van der Waals surface area contributed by atoms with E-state index in [4.69, 9.17) is 28.9 Å². The first-order chi connectivity index (χ1) is 9.58. The third kappa shape index (κ3) is 2.13. The number of anilines is 3. The molecule has 20 heavy (non-hydrogen) atoms. The molecule has 3 rings (SSSR count). The van der Waals surface area contributed by atoms with E-state index >= 15 is 0 Å². The van der Waals surface area contributed by atoms with Crippen LogP contribution in [-0.2, 0) is 0 Å². The lowest BCUT2D eigenvalue weighted by Crippen LogP contribution is -2.28. The van der Waals surface area contributed by atoms with Crippen LogP contribution in [0.3, 0.4) is 0 Å². The second kappa shape index (κ2) is 5.00. The van der Waals surface area contributed by atoms with Crippen molar-refractivity contribution in [3.05, 3.63) is 52.0 Å². The molecule has 0 aromatic heterocycles. The van der Waals surface area contributed by atoms with Crippen LogP contribution >= 0.6 is 23.2 Å². The number of fused-ring (bicyclic) bond motifs is 1. The van der Waals surface area contributed by atoms with Gasteiger partial charge in [-0.15, -0.1) is 0 Å². The molecule has 0 bridgehead atoms. The number of hydrogen-bond acceptors (Lipinski definition) is 3. The summed E-state index contributed by atoms with van der Waals surface area (Å²) in [4.78, 5) is 14.2. The molecule has 0 aliphatic carbocycles. The summed E-state index contributed by atoms with van der Waals surface area (Å²) in [6, 6.07) is 11.1. The van der Waals surface area contributed by atoms with Crippen LogP contribution in [0.2, 0.25) is 10.0 Å². The summed E-state index contributed by atoms with van der Waals surface area (Å²) in [5.41, 5.74) is 8.60. The van der Waals surface area contributed by atoms with Gasteiger partial charge in [0.15, 0.2) is 5.78 Å². The van der Waals surface area contributed by atoms with Gasteiger partial charge in [-0.3, -0.25) is 4.79 Å². The molecule has 0 saturated heterocycles. The number of carbonyl (C=O) groups is 1. The largest absolute Gasteiger partial charge is 0.397 e. The van der Waals surface area contributed by atoms with E-state index in [0.29, 0.717) is 34.3 Å². The molecule has 3 nitrogen and oxygen atoms in total. The molecule has 0 spiro atoms. The van der Waals surface area contributed by atoms with E-state index < -0.39 is 0 Å². The highest BCUT2D eigenvalue weighted by Crippen LogP contribution is 2.39. The highest BCUT2D eigenvalue weighted by molar-refractivity contribution is 6.34. The van der Waals surface area contributed by atoms with Crippen molar-refractivity contribution in [3.63, 3.8) is 0 Å². The Labute approximate surface area is 126 Å². The highest BCUT2D eigenvalue weighted by Gasteiger charge is 2.27. The van der Waals surface area contributed by atoms with Crippen LogP contribution in [0.1, 0.15) is 16.8 Å². The fourth-order valence-corrected chi connectivity index (χ4v) is 2.73. The normalized spacial score (nSPS) is 14.3. The van der Waals surface area contributed by atoms with Crippen LogP contribution < -0.4 is 10.6 Å². The van der Waals surface area contributed by atoms with Gasteiger partial charge in [0.1, 0.15) is 0 Å². The van der Waals surface area contributed by atoms with E-state index in [1.807, 2.05) is 30.3 Å². The van der Waals surface area contributed by atoms with Crippen LogP contribution in [0.5, 0.6) is 0 Å². The van der Waals surface area contributed by atoms with Crippen molar-refractivity contribution in [2.75, 3.05) is 17.2 Å². The van der Waals surface area contributed by atoms with Crippen molar-refractivity contribution in [2.45, 2.75) is 6.42 Å². The van der Waals surface area contributed by atoms with Gasteiger partial charge in [-0.05, 0) is 36.4 Å². The van der Waals surface area contributed by atoms with Crippen LogP contribution in [0.25, 0.3) is 0 Å². The number of nitrogen functional groups attached to an aromatic ring is 1. The van der Waals surface area contributed by atoms with Crippen molar-refractivity contribution >= 4 is 46.0 Å². The molecule has 0 radical (unpaired) electrons. The standard InChI is InChI=1S/C15H12Cl2N2O/c16-9-1-3-10(4-2-9)19-8-7-13(20)14-12(19)6-5-11(17)15(14)18/h1-6H,7-8,18H2. The number of halogens is 2. The molecular weight excluding hydrogens is 295 g/mol. The molecule has 0 amide bonds. The second-order valence-electron chi connectivity index (χ2n) is 4.66. The maximum absolute atomic E-state index is 12.1. The Balaban J connectivity index is 2.14. The topological polar surface area (TPSA) is 46.3 Å². The summed E-state index contributed by atoms with van der Waals surface area (Å²) in [7, 11) is 0. The molecule has 5 heteroatoms. The molecule has 2 N–H and O–H groups in total. The molecule has 1 aliphatic heterocycles. The van der Waals surface area contributed by atoms with E-state index in [2.05, 4.69) is 4.90 Å². The quantitative estimate of drug-likeness (QED) is 0.799. The van der Waals surface area contributed by atoms with Gasteiger partial charge in [0.05, 0.1) is 22.0 Å². The van der Waals surface area contributed by atoms with Crippen molar-refractivity contribution in [1.82, 2.24) is 0 Å². The Morgan fingerprint density at radius 1 is 1.05 bits per heavy atom. The fraction of sp³-hybridized carbons (Fsp3) is 0.133. The Hall–Kier alpha value is -1.71. The zero-order chi connectivity index (χ0) is 14.3. The molecule has 0 unspecified atom stereocenters. The summed E-state index contributed by atoms with van der Waals surface area (Å²) in [6.07, 6.45) is 0.417. The van der Waals surface area contributed by atoms with E-state index in [9.17, 15) is 4.79 Å². The third-order valence-electron chi connectivity index (χ3n) is 3.44. The smallest absolute Gasteiger partial charge is 0.168 e. The molecular formula is C15H12Cl2N2O. The number of benzene rings is 2. The van der Waals surface area contributed by atoms with Gasteiger partial charge in [0, 0.05) is 23.7 Å². The summed E-state index contributed by atoms with van der Waals surface area (Å²) in [5.74, 6) is 0.0326. The van der Waals surface area contributed by atoms with Crippen molar-refractivity contribution in [2.24, 2.45) is 0 Å². The predicted molar refractivity (Wildman–Crippen MR) is 83.3 cm³/mol. The molecule has 0 atom stereocenters. The van der Waals surface area contributed by atoms with Crippen LogP contribution in [0, 0.1) is 0 Å². The lowest BCUT2D eigenvalue weighted by Gasteiger charge is -2.31. The molecule has 2 aromatic rings. The Kier molecular flexibility index (Phi) is 3.32. The number of nitrogens with zero attached hydrogens (tertiary/aromatic N) is 1. The molecule has 0 fully saturated rings. The SMILES string of the molecule is Nc1c(Cl)ccc2c1C(=O)CCN2c1ccc(Cl)cc1. The summed E-state index contributed by atoms with van der Waals surface area (Å²) in [5, 5.41) is 1.09. The molecule has 1 heterocycles. The maximum Gasteiger partial charge on any atom is 0.168 e. The van der Waals surface area contributed by atoms with Gasteiger partial charge in [0.25, 0.3) is 0 Å². The highest BCUT2D eigenvalue weighted by atomic mass is 35.5. The average molecular weight is 307 g/mol. The van der Waals surface area contributed by atoms with Gasteiger partial charge in [-0.25, -0.2) is 0 Å². The first-order valence-electron chi connectivity index (χ1n) is 6.22. The second-order valence-corrected chi connectivity index (χ2v) is 5.50. The Morgan fingerprint density at radius 2 is 1.75 bits per heavy atom. The average Bonchev–Trinajstić information content (AvgIpc) is 2.44. The van der Waals surface area contributed by atoms with Gasteiger partial charge in [-0.2, -0.15) is 0 Å². The molecule has 102 valence electrons. The minimum absolute atomic E-state index is 0.0326. The number of ketones is 1. The van der Waals surface area contributed by atoms with E-state index in [0.717, 1.165) is 11.4 Å². The number of carbonyl (C=O) groups excluding carboxylic acids is 1. The molecule has 2 aromatic carbocycles. The number of rotatable bonds is 1. The van der Waals surface area contributed by atoms with Crippen LogP contribution in [0.4, 0.5) is 17.1 Å². The maximum atomic E-state index is 12.1. The van der Waals surface area contributed by atoms with Crippen molar-refractivity contribution < 1.29 is 4.79 Å². The van der Waals surface area contributed by atoms with Gasteiger partial charge in [-0.1, -0.05) is 23.2 Å². The first kappa shape index (κ1) is 13.3. The lowest BCUT2D eigenvalue weighted by molar-refractivity contribution is 0.0982. The summed E-state index contributed by atoms with van der Waals surface area (Å²) < 4.78 is 0. The van der Waals surface area contributed by atoms with E-state index in [-0.39, 0.29) is 5.78 Å². The zero-order valence-electron chi connectivity index (χ0n) is 10.6. The minimum atomic E-state index is 0.0326. The zero-order valence-corrected chi connectivity index (χ0v) is 12.1. The van der Waals surface area contributed by atoms with Gasteiger partial charge < -0.3 is 10.6 Å². The number of Topliss-reactive ketones (excluding diaryl/α,β-unsaturated/α-hetero) is 1. The lowest BCUT2D eigenvalue weighted by atomic mass is 9.98. The fourth-order valence-electron chi connectivity index (χ4n) is 2.45. The molecule has 1 aliphatic rings. The Morgan fingerprint density at radius 3 is 2.45 bits per heavy atom. The van der Waals surface area contributed by atoms with Gasteiger partial charge >= 0.3 is 0 Å². The first-order valence-corrected chi connectivity index (χ1v) is 6.98. The summed E-state index contributed by atoms with van der Waals surface area (Å²) >= 11 is 11.9.